The molecule has 0 bridgehead atoms. The second-order valence-electron chi connectivity index (χ2n) is 6.09. The molecule has 0 saturated carbocycles. The van der Waals surface area contributed by atoms with E-state index in [2.05, 4.69) is 30.4 Å². The Morgan fingerprint density at radius 1 is 1.17 bits per heavy atom. The van der Waals surface area contributed by atoms with Gasteiger partial charge in [-0.3, -0.25) is 0 Å². The maximum absolute atomic E-state index is 5.78. The van der Waals surface area contributed by atoms with Crippen LogP contribution in [0, 0.1) is 12.8 Å². The molecule has 7 heteroatoms. The van der Waals surface area contributed by atoms with Crippen molar-refractivity contribution in [3.05, 3.63) is 35.6 Å². The van der Waals surface area contributed by atoms with E-state index in [4.69, 9.17) is 4.74 Å². The summed E-state index contributed by atoms with van der Waals surface area (Å²) < 4.78 is 6.97. The predicted molar refractivity (Wildman–Crippen MR) is 94.6 cm³/mol. The topological polar surface area (TPSA) is 64.0 Å². The Kier molecular flexibility index (Phi) is 4.25. The first-order chi connectivity index (χ1) is 11.8. The van der Waals surface area contributed by atoms with Crippen LogP contribution in [0.5, 0.6) is 5.88 Å². The van der Waals surface area contributed by atoms with Crippen LogP contribution in [0.2, 0.25) is 0 Å². The van der Waals surface area contributed by atoms with E-state index in [0.29, 0.717) is 18.4 Å². The highest BCUT2D eigenvalue weighted by atomic mass is 32.1. The fourth-order valence-corrected chi connectivity index (χ4v) is 3.84. The van der Waals surface area contributed by atoms with Gasteiger partial charge in [-0.25, -0.2) is 9.97 Å². The minimum absolute atomic E-state index is 0.546. The third kappa shape index (κ3) is 3.17. The van der Waals surface area contributed by atoms with Gasteiger partial charge < -0.3 is 9.64 Å². The average molecular weight is 341 g/mol. The van der Waals surface area contributed by atoms with Crippen molar-refractivity contribution < 1.29 is 4.74 Å². The molecule has 1 aliphatic rings. The summed E-state index contributed by atoms with van der Waals surface area (Å²) >= 11 is 1.71. The van der Waals surface area contributed by atoms with Gasteiger partial charge in [0.1, 0.15) is 12.1 Å². The molecule has 6 nitrogen and oxygen atoms in total. The summed E-state index contributed by atoms with van der Waals surface area (Å²) in [7, 11) is 0. The number of hydrogen-bond acceptors (Lipinski definition) is 7. The van der Waals surface area contributed by atoms with Gasteiger partial charge in [0.05, 0.1) is 22.5 Å². The Morgan fingerprint density at radius 2 is 2.04 bits per heavy atom. The minimum atomic E-state index is 0.546. The Balaban J connectivity index is 1.35. The molecule has 3 aromatic rings. The molecule has 124 valence electrons. The van der Waals surface area contributed by atoms with Crippen LogP contribution >= 0.6 is 11.3 Å². The first-order valence-electron chi connectivity index (χ1n) is 8.16. The smallest absolute Gasteiger partial charge is 0.233 e. The number of aromatic nitrogens is 4. The van der Waals surface area contributed by atoms with Crippen molar-refractivity contribution in [2.24, 2.45) is 5.92 Å². The molecule has 0 atom stereocenters. The fourth-order valence-electron chi connectivity index (χ4n) is 2.98. The third-order valence-electron chi connectivity index (χ3n) is 4.38. The van der Waals surface area contributed by atoms with Crippen LogP contribution in [-0.4, -0.2) is 39.9 Å². The first kappa shape index (κ1) is 15.3. The van der Waals surface area contributed by atoms with Gasteiger partial charge in [-0.15, -0.1) is 16.4 Å². The highest BCUT2D eigenvalue weighted by molar-refractivity contribution is 7.17. The molecule has 0 N–H and O–H groups in total. The number of thiophene rings is 1. The molecule has 3 aromatic heterocycles. The Bertz CT molecular complexity index is 811. The summed E-state index contributed by atoms with van der Waals surface area (Å²) in [6.07, 6.45) is 3.85. The molecule has 0 unspecified atom stereocenters. The zero-order valence-electron chi connectivity index (χ0n) is 13.6. The zero-order valence-corrected chi connectivity index (χ0v) is 14.4. The standard InChI is InChI=1S/C17H19N5OS/c1-12-2-3-15(21-20-12)23-10-13-4-7-22(8-5-13)17-16-14(6-9-24-16)18-11-19-17/h2-3,6,9,11,13H,4-5,7-8,10H2,1H3. The molecule has 1 aliphatic heterocycles. The molecular weight excluding hydrogens is 322 g/mol. The predicted octanol–water partition coefficient (Wildman–Crippen LogP) is 3.09. The molecule has 0 aromatic carbocycles. The second-order valence-corrected chi connectivity index (χ2v) is 7.00. The number of hydrogen-bond donors (Lipinski definition) is 0. The number of aryl methyl sites for hydroxylation is 1. The van der Waals surface area contributed by atoms with Crippen molar-refractivity contribution >= 4 is 27.4 Å². The zero-order chi connectivity index (χ0) is 16.4. The summed E-state index contributed by atoms with van der Waals surface area (Å²) in [5.74, 6) is 2.22. The monoisotopic (exact) mass is 341 g/mol. The van der Waals surface area contributed by atoms with Gasteiger partial charge in [0, 0.05) is 19.2 Å². The van der Waals surface area contributed by atoms with Crippen molar-refractivity contribution in [3.63, 3.8) is 0 Å². The Hall–Kier alpha value is -2.28. The van der Waals surface area contributed by atoms with E-state index >= 15 is 0 Å². The normalized spacial score (nSPS) is 15.8. The number of anilines is 1. The highest BCUT2D eigenvalue weighted by Gasteiger charge is 2.22. The lowest BCUT2D eigenvalue weighted by atomic mass is 9.98. The number of piperidine rings is 1. The molecule has 0 aliphatic carbocycles. The molecule has 0 radical (unpaired) electrons. The van der Waals surface area contributed by atoms with Crippen LogP contribution in [0.4, 0.5) is 5.82 Å². The highest BCUT2D eigenvalue weighted by Crippen LogP contribution is 2.30. The minimum Gasteiger partial charge on any atom is -0.476 e. The summed E-state index contributed by atoms with van der Waals surface area (Å²) in [6.45, 7) is 4.61. The number of rotatable bonds is 4. The van der Waals surface area contributed by atoms with Crippen LogP contribution in [0.15, 0.2) is 29.9 Å². The van der Waals surface area contributed by atoms with Crippen LogP contribution in [0.3, 0.4) is 0 Å². The quantitative estimate of drug-likeness (QED) is 0.727. The number of ether oxygens (including phenoxy) is 1. The van der Waals surface area contributed by atoms with Gasteiger partial charge in [0.2, 0.25) is 5.88 Å². The van der Waals surface area contributed by atoms with E-state index in [0.717, 1.165) is 43.0 Å². The lowest BCUT2D eigenvalue weighted by molar-refractivity contribution is 0.214. The average Bonchev–Trinajstić information content (AvgIpc) is 3.10. The second kappa shape index (κ2) is 6.68. The van der Waals surface area contributed by atoms with Gasteiger partial charge in [-0.05, 0) is 43.2 Å². The van der Waals surface area contributed by atoms with Gasteiger partial charge in [-0.1, -0.05) is 0 Å². The van der Waals surface area contributed by atoms with Crippen molar-refractivity contribution in [2.75, 3.05) is 24.6 Å². The molecule has 4 rings (SSSR count). The number of fused-ring (bicyclic) bond motifs is 1. The molecule has 4 heterocycles. The van der Waals surface area contributed by atoms with Gasteiger partial charge in [0.15, 0.2) is 0 Å². The van der Waals surface area contributed by atoms with Crippen LogP contribution in [0.25, 0.3) is 10.2 Å². The molecule has 24 heavy (non-hydrogen) atoms. The molecule has 1 saturated heterocycles. The maximum atomic E-state index is 5.78. The Labute approximate surface area is 144 Å². The van der Waals surface area contributed by atoms with E-state index in [1.165, 1.54) is 4.70 Å². The number of nitrogens with zero attached hydrogens (tertiary/aromatic N) is 5. The van der Waals surface area contributed by atoms with Gasteiger partial charge in [-0.2, -0.15) is 5.10 Å². The SMILES string of the molecule is Cc1ccc(OCC2CCN(c3ncnc4ccsc34)CC2)nn1. The van der Waals surface area contributed by atoms with E-state index in [-0.39, 0.29) is 0 Å². The maximum Gasteiger partial charge on any atom is 0.233 e. The Morgan fingerprint density at radius 3 is 2.83 bits per heavy atom. The van der Waals surface area contributed by atoms with Gasteiger partial charge >= 0.3 is 0 Å². The summed E-state index contributed by atoms with van der Waals surface area (Å²) in [6, 6.07) is 5.85. The van der Waals surface area contributed by atoms with Crippen LogP contribution < -0.4 is 9.64 Å². The third-order valence-corrected chi connectivity index (χ3v) is 5.28. The van der Waals surface area contributed by atoms with Crippen molar-refractivity contribution in [2.45, 2.75) is 19.8 Å². The molecular formula is C17H19N5OS. The van der Waals surface area contributed by atoms with Crippen LogP contribution in [-0.2, 0) is 0 Å². The molecule has 0 amide bonds. The largest absolute Gasteiger partial charge is 0.476 e. The summed E-state index contributed by atoms with van der Waals surface area (Å²) in [5, 5.41) is 10.2. The van der Waals surface area contributed by atoms with E-state index < -0.39 is 0 Å². The molecule has 0 spiro atoms. The van der Waals surface area contributed by atoms with Crippen molar-refractivity contribution in [1.82, 2.24) is 20.2 Å². The van der Waals surface area contributed by atoms with Gasteiger partial charge in [0.25, 0.3) is 0 Å². The summed E-state index contributed by atoms with van der Waals surface area (Å²) in [5.41, 5.74) is 1.94. The lowest BCUT2D eigenvalue weighted by Crippen LogP contribution is -2.36. The first-order valence-corrected chi connectivity index (χ1v) is 9.04. The lowest BCUT2D eigenvalue weighted by Gasteiger charge is -2.32. The van der Waals surface area contributed by atoms with Crippen LogP contribution in [0.1, 0.15) is 18.5 Å². The van der Waals surface area contributed by atoms with E-state index in [1.807, 2.05) is 25.1 Å². The van der Waals surface area contributed by atoms with E-state index in [9.17, 15) is 0 Å². The summed E-state index contributed by atoms with van der Waals surface area (Å²) in [4.78, 5) is 11.2. The molecule has 1 fully saturated rings. The van der Waals surface area contributed by atoms with Crippen molar-refractivity contribution in [3.8, 4) is 5.88 Å². The van der Waals surface area contributed by atoms with E-state index in [1.54, 1.807) is 17.7 Å². The fraction of sp³-hybridized carbons (Fsp3) is 0.412. The van der Waals surface area contributed by atoms with Crippen molar-refractivity contribution in [1.29, 1.82) is 0 Å².